The van der Waals surface area contributed by atoms with Crippen LogP contribution in [0.1, 0.15) is 47.2 Å². The van der Waals surface area contributed by atoms with Crippen molar-refractivity contribution in [2.45, 2.75) is 45.6 Å². The SMILES string of the molecule is Cc1ccc(C(=O)C2CCN(C(=O)C3CCCO3)CC2)c(C)c1. The molecule has 0 saturated carbocycles. The highest BCUT2D eigenvalue weighted by Gasteiger charge is 2.33. The Morgan fingerprint density at radius 3 is 2.48 bits per heavy atom. The van der Waals surface area contributed by atoms with E-state index in [-0.39, 0.29) is 23.7 Å². The summed E-state index contributed by atoms with van der Waals surface area (Å²) in [5.74, 6) is 0.372. The summed E-state index contributed by atoms with van der Waals surface area (Å²) in [6.07, 6.45) is 3.06. The lowest BCUT2D eigenvalue weighted by atomic mass is 9.87. The summed E-state index contributed by atoms with van der Waals surface area (Å²) in [7, 11) is 0. The van der Waals surface area contributed by atoms with Crippen molar-refractivity contribution >= 4 is 11.7 Å². The lowest BCUT2D eigenvalue weighted by molar-refractivity contribution is -0.142. The molecule has 0 bridgehead atoms. The molecule has 0 aliphatic carbocycles. The fraction of sp³-hybridized carbons (Fsp3) is 0.579. The van der Waals surface area contributed by atoms with E-state index in [9.17, 15) is 9.59 Å². The van der Waals surface area contributed by atoms with Gasteiger partial charge in [-0.1, -0.05) is 23.8 Å². The highest BCUT2D eigenvalue weighted by atomic mass is 16.5. The number of piperidine rings is 1. The van der Waals surface area contributed by atoms with E-state index in [0.29, 0.717) is 19.7 Å². The zero-order valence-corrected chi connectivity index (χ0v) is 14.0. The van der Waals surface area contributed by atoms with Crippen molar-refractivity contribution in [2.75, 3.05) is 19.7 Å². The predicted octanol–water partition coefficient (Wildman–Crippen LogP) is 2.90. The third kappa shape index (κ3) is 3.47. The van der Waals surface area contributed by atoms with Crippen LogP contribution in [0.25, 0.3) is 0 Å². The van der Waals surface area contributed by atoms with E-state index in [4.69, 9.17) is 4.74 Å². The molecule has 1 aromatic rings. The number of hydrogen-bond acceptors (Lipinski definition) is 3. The molecule has 1 atom stereocenters. The number of hydrogen-bond donors (Lipinski definition) is 0. The number of carbonyl (C=O) groups is 2. The highest BCUT2D eigenvalue weighted by Crippen LogP contribution is 2.25. The Morgan fingerprint density at radius 2 is 1.87 bits per heavy atom. The maximum atomic E-state index is 12.7. The van der Waals surface area contributed by atoms with Crippen molar-refractivity contribution in [3.63, 3.8) is 0 Å². The van der Waals surface area contributed by atoms with Gasteiger partial charge in [-0.05, 0) is 45.1 Å². The average Bonchev–Trinajstić information content (AvgIpc) is 3.08. The number of Topliss-reactive ketones (excluding diaryl/α,β-unsaturated/α-hetero) is 1. The van der Waals surface area contributed by atoms with Gasteiger partial charge in [0.15, 0.2) is 5.78 Å². The monoisotopic (exact) mass is 315 g/mol. The van der Waals surface area contributed by atoms with Crippen LogP contribution in [0, 0.1) is 19.8 Å². The van der Waals surface area contributed by atoms with E-state index < -0.39 is 0 Å². The van der Waals surface area contributed by atoms with Crippen LogP contribution >= 0.6 is 0 Å². The van der Waals surface area contributed by atoms with E-state index in [2.05, 4.69) is 6.07 Å². The third-order valence-electron chi connectivity index (χ3n) is 5.03. The Kier molecular flexibility index (Phi) is 4.81. The molecular formula is C19H25NO3. The zero-order valence-electron chi connectivity index (χ0n) is 14.0. The number of aryl methyl sites for hydroxylation is 2. The van der Waals surface area contributed by atoms with Gasteiger partial charge in [0.05, 0.1) is 0 Å². The molecule has 2 heterocycles. The molecule has 124 valence electrons. The summed E-state index contributed by atoms with van der Waals surface area (Å²) < 4.78 is 5.48. The first-order valence-corrected chi connectivity index (χ1v) is 8.58. The van der Waals surface area contributed by atoms with Gasteiger partial charge in [-0.2, -0.15) is 0 Å². The quantitative estimate of drug-likeness (QED) is 0.806. The van der Waals surface area contributed by atoms with Crippen LogP contribution < -0.4 is 0 Å². The summed E-state index contributed by atoms with van der Waals surface area (Å²) in [5.41, 5.74) is 3.06. The summed E-state index contributed by atoms with van der Waals surface area (Å²) in [6, 6.07) is 6.00. The first kappa shape index (κ1) is 16.2. The van der Waals surface area contributed by atoms with Crippen LogP contribution in [0.5, 0.6) is 0 Å². The van der Waals surface area contributed by atoms with Gasteiger partial charge in [0, 0.05) is 31.2 Å². The van der Waals surface area contributed by atoms with Gasteiger partial charge in [-0.25, -0.2) is 0 Å². The van der Waals surface area contributed by atoms with E-state index in [1.807, 2.05) is 30.9 Å². The van der Waals surface area contributed by atoms with Gasteiger partial charge in [-0.15, -0.1) is 0 Å². The molecule has 2 aliphatic heterocycles. The number of ether oxygens (including phenoxy) is 1. The molecule has 2 saturated heterocycles. The van der Waals surface area contributed by atoms with Gasteiger partial charge in [0.2, 0.25) is 0 Å². The normalized spacial score (nSPS) is 22.3. The number of nitrogens with zero attached hydrogens (tertiary/aromatic N) is 1. The molecular weight excluding hydrogens is 290 g/mol. The maximum absolute atomic E-state index is 12.7. The Bertz CT molecular complexity index is 597. The topological polar surface area (TPSA) is 46.6 Å². The van der Waals surface area contributed by atoms with Crippen LogP contribution in [0.15, 0.2) is 18.2 Å². The fourth-order valence-corrected chi connectivity index (χ4v) is 3.65. The summed E-state index contributed by atoms with van der Waals surface area (Å²) >= 11 is 0. The van der Waals surface area contributed by atoms with Crippen molar-refractivity contribution in [3.8, 4) is 0 Å². The first-order valence-electron chi connectivity index (χ1n) is 8.58. The Morgan fingerprint density at radius 1 is 1.13 bits per heavy atom. The van der Waals surface area contributed by atoms with Crippen molar-refractivity contribution < 1.29 is 14.3 Å². The van der Waals surface area contributed by atoms with Gasteiger partial charge >= 0.3 is 0 Å². The molecule has 1 unspecified atom stereocenters. The predicted molar refractivity (Wildman–Crippen MR) is 88.5 cm³/mol. The van der Waals surface area contributed by atoms with E-state index in [1.165, 1.54) is 5.56 Å². The first-order chi connectivity index (χ1) is 11.1. The molecule has 3 rings (SSSR count). The second-order valence-electron chi connectivity index (χ2n) is 6.78. The van der Waals surface area contributed by atoms with Crippen molar-refractivity contribution in [1.29, 1.82) is 0 Å². The summed E-state index contributed by atoms with van der Waals surface area (Å²) in [4.78, 5) is 27.0. The minimum atomic E-state index is -0.249. The minimum absolute atomic E-state index is 0.0324. The van der Waals surface area contributed by atoms with Crippen molar-refractivity contribution in [1.82, 2.24) is 4.90 Å². The van der Waals surface area contributed by atoms with E-state index >= 15 is 0 Å². The standard InChI is InChI=1S/C19H25NO3/c1-13-5-6-16(14(2)12-13)18(21)15-7-9-20(10-8-15)19(22)17-4-3-11-23-17/h5-6,12,15,17H,3-4,7-11H2,1-2H3. The minimum Gasteiger partial charge on any atom is -0.368 e. The van der Waals surface area contributed by atoms with Gasteiger partial charge in [-0.3, -0.25) is 9.59 Å². The summed E-state index contributed by atoms with van der Waals surface area (Å²) in [5, 5.41) is 0. The highest BCUT2D eigenvalue weighted by molar-refractivity contribution is 5.99. The lowest BCUT2D eigenvalue weighted by Gasteiger charge is -2.33. The van der Waals surface area contributed by atoms with Crippen LogP contribution in [-0.4, -0.2) is 42.4 Å². The fourth-order valence-electron chi connectivity index (χ4n) is 3.65. The Balaban J connectivity index is 1.60. The van der Waals surface area contributed by atoms with Crippen LogP contribution in [0.3, 0.4) is 0 Å². The van der Waals surface area contributed by atoms with Crippen LogP contribution in [0.2, 0.25) is 0 Å². The molecule has 23 heavy (non-hydrogen) atoms. The van der Waals surface area contributed by atoms with E-state index in [1.54, 1.807) is 0 Å². The smallest absolute Gasteiger partial charge is 0.251 e. The molecule has 0 N–H and O–H groups in total. The summed E-state index contributed by atoms with van der Waals surface area (Å²) in [6.45, 7) is 6.06. The maximum Gasteiger partial charge on any atom is 0.251 e. The average molecular weight is 315 g/mol. The van der Waals surface area contributed by atoms with Crippen LogP contribution in [-0.2, 0) is 9.53 Å². The Labute approximate surface area is 137 Å². The molecule has 1 aromatic carbocycles. The molecule has 4 heteroatoms. The van der Waals surface area contributed by atoms with Gasteiger partial charge in [0.25, 0.3) is 5.91 Å². The second kappa shape index (κ2) is 6.83. The molecule has 0 radical (unpaired) electrons. The molecule has 2 aliphatic rings. The molecule has 0 aromatic heterocycles. The number of amides is 1. The van der Waals surface area contributed by atoms with Gasteiger partial charge in [0.1, 0.15) is 6.10 Å². The second-order valence-corrected chi connectivity index (χ2v) is 6.78. The number of carbonyl (C=O) groups excluding carboxylic acids is 2. The molecule has 0 spiro atoms. The Hall–Kier alpha value is -1.68. The van der Waals surface area contributed by atoms with Crippen molar-refractivity contribution in [3.05, 3.63) is 34.9 Å². The number of rotatable bonds is 3. The molecule has 1 amide bonds. The van der Waals surface area contributed by atoms with E-state index in [0.717, 1.165) is 36.8 Å². The molecule has 2 fully saturated rings. The lowest BCUT2D eigenvalue weighted by Crippen LogP contribution is -2.44. The largest absolute Gasteiger partial charge is 0.368 e. The van der Waals surface area contributed by atoms with Crippen molar-refractivity contribution in [2.24, 2.45) is 5.92 Å². The van der Waals surface area contributed by atoms with Gasteiger partial charge < -0.3 is 9.64 Å². The van der Waals surface area contributed by atoms with Crippen LogP contribution in [0.4, 0.5) is 0 Å². The number of benzene rings is 1. The number of ketones is 1. The number of likely N-dealkylation sites (tertiary alicyclic amines) is 1. The third-order valence-corrected chi connectivity index (χ3v) is 5.03. The molecule has 4 nitrogen and oxygen atoms in total. The zero-order chi connectivity index (χ0) is 16.4.